The van der Waals surface area contributed by atoms with Crippen LogP contribution < -0.4 is 0 Å². The monoisotopic (exact) mass is 146 g/mol. The molecule has 9 heavy (non-hydrogen) atoms. The Hall–Kier alpha value is -0.440. The molecule has 0 aromatic rings. The average molecular weight is 146 g/mol. The first-order valence-electron chi connectivity index (χ1n) is 2.77. The first-order chi connectivity index (χ1) is 4.09. The lowest BCUT2D eigenvalue weighted by Crippen LogP contribution is -2.15. The van der Waals surface area contributed by atoms with Crippen molar-refractivity contribution in [3.8, 4) is 0 Å². The minimum atomic E-state index is -0.0496. The summed E-state index contributed by atoms with van der Waals surface area (Å²) in [6, 6.07) is 0. The van der Waals surface area contributed by atoms with Gasteiger partial charge in [0.1, 0.15) is 0 Å². The van der Waals surface area contributed by atoms with Gasteiger partial charge in [-0.1, -0.05) is 13.8 Å². The molecule has 0 radical (unpaired) electrons. The maximum absolute atomic E-state index is 10.8. The predicted molar refractivity (Wildman–Crippen MR) is 38.7 cm³/mol. The summed E-state index contributed by atoms with van der Waals surface area (Å²) in [5.74, 6) is -0.0959. The molecule has 0 saturated heterocycles. The zero-order valence-corrected chi connectivity index (χ0v) is 6.62. The number of carbonyl (C=O) groups excluding carboxylic acids is 1. The van der Waals surface area contributed by atoms with Gasteiger partial charge in [-0.25, -0.2) is 4.21 Å². The van der Waals surface area contributed by atoms with Crippen LogP contribution >= 0.6 is 0 Å². The molecule has 0 aromatic heterocycles. The molecule has 0 unspecified atom stereocenters. The molecular weight excluding hydrogens is 136 g/mol. The molecule has 0 heterocycles. The van der Waals surface area contributed by atoms with Crippen molar-refractivity contribution in [1.29, 1.82) is 0 Å². The van der Waals surface area contributed by atoms with E-state index in [0.29, 0.717) is 4.86 Å². The molecule has 0 fully saturated rings. The van der Waals surface area contributed by atoms with Crippen molar-refractivity contribution in [2.24, 2.45) is 5.92 Å². The molecule has 0 aliphatic carbocycles. The lowest BCUT2D eigenvalue weighted by Gasteiger charge is -1.97. The smallest absolute Gasteiger partial charge is 0.174 e. The third kappa shape index (κ3) is 2.56. The highest BCUT2D eigenvalue weighted by atomic mass is 32.1. The molecule has 0 aromatic carbocycles. The summed E-state index contributed by atoms with van der Waals surface area (Å²) in [6.45, 7) is 5.12. The molecular formula is C6H10O2S. The van der Waals surface area contributed by atoms with E-state index >= 15 is 0 Å². The summed E-state index contributed by atoms with van der Waals surface area (Å²) < 4.78 is 10.0. The molecule has 0 aliphatic rings. The highest BCUT2D eigenvalue weighted by Gasteiger charge is 2.08. The summed E-state index contributed by atoms with van der Waals surface area (Å²) in [5.41, 5.74) is 0. The Morgan fingerprint density at radius 1 is 1.44 bits per heavy atom. The fraction of sp³-hybridized carbons (Fsp3) is 0.667. The average Bonchev–Trinajstić information content (AvgIpc) is 1.84. The van der Waals surface area contributed by atoms with Crippen molar-refractivity contribution in [2.75, 3.05) is 0 Å². The number of carbonyl (C=O) groups is 1. The largest absolute Gasteiger partial charge is 0.293 e. The Morgan fingerprint density at radius 2 is 1.89 bits per heavy atom. The molecule has 52 valence electrons. The van der Waals surface area contributed by atoms with Gasteiger partial charge in [-0.15, -0.1) is 0 Å². The van der Waals surface area contributed by atoms with Crippen LogP contribution in [0.3, 0.4) is 0 Å². The van der Waals surface area contributed by atoms with E-state index in [1.165, 1.54) is 0 Å². The van der Waals surface area contributed by atoms with Crippen LogP contribution in [0.15, 0.2) is 0 Å². The summed E-state index contributed by atoms with van der Waals surface area (Å²) in [6.07, 6.45) is 0. The lowest BCUT2D eigenvalue weighted by atomic mass is 10.1. The molecule has 0 bridgehead atoms. The van der Waals surface area contributed by atoms with E-state index in [4.69, 9.17) is 0 Å². The van der Waals surface area contributed by atoms with Crippen LogP contribution in [-0.2, 0) is 16.1 Å². The maximum atomic E-state index is 10.8. The maximum Gasteiger partial charge on any atom is 0.174 e. The van der Waals surface area contributed by atoms with Crippen molar-refractivity contribution in [2.45, 2.75) is 20.8 Å². The van der Waals surface area contributed by atoms with Gasteiger partial charge in [-0.05, 0) is 6.92 Å². The van der Waals surface area contributed by atoms with Crippen LogP contribution in [0.5, 0.6) is 0 Å². The quantitative estimate of drug-likeness (QED) is 0.535. The second-order valence-electron chi connectivity index (χ2n) is 2.16. The number of hydrogen-bond donors (Lipinski definition) is 0. The second-order valence-corrected chi connectivity index (χ2v) is 2.94. The van der Waals surface area contributed by atoms with Gasteiger partial charge >= 0.3 is 0 Å². The minimum Gasteiger partial charge on any atom is -0.293 e. The van der Waals surface area contributed by atoms with E-state index in [0.717, 1.165) is 0 Å². The van der Waals surface area contributed by atoms with Gasteiger partial charge in [0.05, 0.1) is 16.1 Å². The van der Waals surface area contributed by atoms with Gasteiger partial charge in [-0.2, -0.15) is 0 Å². The molecule has 2 nitrogen and oxygen atoms in total. The normalized spacial score (nSPS) is 9.33. The Morgan fingerprint density at radius 3 is 2.00 bits per heavy atom. The third-order valence-corrected chi connectivity index (χ3v) is 1.45. The van der Waals surface area contributed by atoms with E-state index < -0.39 is 0 Å². The first-order valence-corrected chi connectivity index (χ1v) is 3.51. The zero-order valence-electron chi connectivity index (χ0n) is 5.80. The zero-order chi connectivity index (χ0) is 7.44. The Labute approximate surface area is 58.3 Å². The van der Waals surface area contributed by atoms with E-state index in [1.807, 2.05) is 0 Å². The summed E-state index contributed by atoms with van der Waals surface area (Å²) in [7, 11) is 0. The Bertz CT molecular complexity index is 166. The van der Waals surface area contributed by atoms with E-state index in [2.05, 4.69) is 0 Å². The third-order valence-electron chi connectivity index (χ3n) is 0.996. The SMILES string of the molecule is CC(=S=O)C(=O)C(C)C. The van der Waals surface area contributed by atoms with Crippen molar-refractivity contribution in [3.05, 3.63) is 0 Å². The van der Waals surface area contributed by atoms with Crippen molar-refractivity contribution < 1.29 is 9.00 Å². The standard InChI is InChI=1S/C6H10O2S/c1-4(2)6(7)5(3)9-8/h4H,1-3H3. The number of ketones is 1. The number of hydrogen-bond acceptors (Lipinski definition) is 2. The van der Waals surface area contributed by atoms with Crippen LogP contribution in [0.2, 0.25) is 0 Å². The van der Waals surface area contributed by atoms with Gasteiger partial charge in [0.2, 0.25) is 0 Å². The van der Waals surface area contributed by atoms with Gasteiger partial charge in [0, 0.05) is 5.92 Å². The molecule has 0 amide bonds. The fourth-order valence-corrected chi connectivity index (χ4v) is 0.765. The molecule has 0 spiro atoms. The summed E-state index contributed by atoms with van der Waals surface area (Å²) in [4.78, 5) is 11.2. The minimum absolute atomic E-state index is 0.0463. The first kappa shape index (κ1) is 8.56. The molecule has 0 rings (SSSR count). The topological polar surface area (TPSA) is 34.1 Å². The van der Waals surface area contributed by atoms with Crippen LogP contribution in [0, 0.1) is 5.92 Å². The van der Waals surface area contributed by atoms with Gasteiger partial charge in [0.25, 0.3) is 0 Å². The van der Waals surface area contributed by atoms with E-state index in [9.17, 15) is 9.00 Å². The van der Waals surface area contributed by atoms with Gasteiger partial charge < -0.3 is 0 Å². The van der Waals surface area contributed by atoms with Gasteiger partial charge in [0.15, 0.2) is 5.78 Å². The molecule has 0 saturated carbocycles. The highest BCUT2D eigenvalue weighted by Crippen LogP contribution is 1.93. The van der Waals surface area contributed by atoms with Crippen molar-refractivity contribution in [1.82, 2.24) is 0 Å². The van der Waals surface area contributed by atoms with Crippen LogP contribution in [0.25, 0.3) is 0 Å². The second kappa shape index (κ2) is 3.56. The van der Waals surface area contributed by atoms with E-state index in [1.54, 1.807) is 20.8 Å². The molecule has 0 N–H and O–H groups in total. The van der Waals surface area contributed by atoms with Crippen LogP contribution in [-0.4, -0.2) is 14.9 Å². The lowest BCUT2D eigenvalue weighted by molar-refractivity contribution is -0.115. The van der Waals surface area contributed by atoms with Crippen molar-refractivity contribution >= 4 is 21.9 Å². The summed E-state index contributed by atoms with van der Waals surface area (Å²) in [5, 5.41) is 0. The van der Waals surface area contributed by atoms with Gasteiger partial charge in [-0.3, -0.25) is 4.79 Å². The fourth-order valence-electron chi connectivity index (χ4n) is 0.448. The summed E-state index contributed by atoms with van der Waals surface area (Å²) >= 11 is 0.278. The Kier molecular flexibility index (Phi) is 3.39. The van der Waals surface area contributed by atoms with Crippen LogP contribution in [0.1, 0.15) is 20.8 Å². The predicted octanol–water partition coefficient (Wildman–Crippen LogP) is 0.617. The highest BCUT2D eigenvalue weighted by molar-refractivity contribution is 7.68. The van der Waals surface area contributed by atoms with E-state index in [-0.39, 0.29) is 23.0 Å². The molecule has 0 atom stereocenters. The number of rotatable bonds is 2. The Balaban J connectivity index is 4.23. The van der Waals surface area contributed by atoms with Crippen LogP contribution in [0.4, 0.5) is 0 Å². The van der Waals surface area contributed by atoms with Crippen molar-refractivity contribution in [3.63, 3.8) is 0 Å². The molecule has 3 heteroatoms. The molecule has 0 aliphatic heterocycles. The number of Topliss-reactive ketones (excluding diaryl/α,β-unsaturated/α-hetero) is 1.